The lowest BCUT2D eigenvalue weighted by Gasteiger charge is -2.12. The summed E-state index contributed by atoms with van der Waals surface area (Å²) < 4.78 is 11.7. The molecule has 3 aromatic heterocycles. The molecule has 0 fully saturated rings. The minimum atomic E-state index is 0.179. The van der Waals surface area contributed by atoms with Crippen LogP contribution in [0.15, 0.2) is 87.9 Å². The molecule has 28 heavy (non-hydrogen) atoms. The van der Waals surface area contributed by atoms with Crippen LogP contribution in [0.25, 0.3) is 33.9 Å². The number of hydrogen-bond donors (Lipinski definition) is 1. The second-order valence-electron chi connectivity index (χ2n) is 6.55. The molecule has 0 aliphatic carbocycles. The van der Waals surface area contributed by atoms with Gasteiger partial charge in [0.1, 0.15) is 17.0 Å². The Bertz CT molecular complexity index is 1210. The van der Waals surface area contributed by atoms with Crippen molar-refractivity contribution in [1.82, 2.24) is 9.97 Å². The number of aromatic nitrogens is 2. The molecule has 3 heterocycles. The van der Waals surface area contributed by atoms with E-state index in [1.54, 1.807) is 6.26 Å². The molecule has 0 saturated heterocycles. The standard InChI is InChI=1S/C23H17N3O2/c24-23-25-21(19-11-6-12-27-19)17(13-15-7-2-1-3-8-15)22(26-23)20-14-16-9-4-5-10-18(16)28-20/h1-12,14H,13H2,(H2,24,25,26). The maximum absolute atomic E-state index is 6.08. The van der Waals surface area contributed by atoms with Crippen molar-refractivity contribution in [3.05, 3.63) is 90.2 Å². The van der Waals surface area contributed by atoms with Gasteiger partial charge in [0.05, 0.1) is 6.26 Å². The maximum Gasteiger partial charge on any atom is 0.221 e. The Morgan fingerprint density at radius 3 is 2.29 bits per heavy atom. The Kier molecular flexibility index (Phi) is 3.91. The Hall–Kier alpha value is -3.86. The van der Waals surface area contributed by atoms with E-state index in [9.17, 15) is 0 Å². The smallest absolute Gasteiger partial charge is 0.221 e. The van der Waals surface area contributed by atoms with Gasteiger partial charge in [0.25, 0.3) is 0 Å². The first kappa shape index (κ1) is 16.3. The molecule has 0 atom stereocenters. The van der Waals surface area contributed by atoms with E-state index in [1.165, 1.54) is 0 Å². The lowest BCUT2D eigenvalue weighted by molar-refractivity contribution is 0.579. The molecular formula is C23H17N3O2. The Balaban J connectivity index is 1.75. The largest absolute Gasteiger partial charge is 0.463 e. The van der Waals surface area contributed by atoms with Gasteiger partial charge in [0.15, 0.2) is 11.5 Å². The summed E-state index contributed by atoms with van der Waals surface area (Å²) in [6, 6.07) is 23.7. The molecule has 0 aliphatic heterocycles. The van der Waals surface area contributed by atoms with E-state index >= 15 is 0 Å². The summed E-state index contributed by atoms with van der Waals surface area (Å²) in [6.45, 7) is 0. The summed E-state index contributed by atoms with van der Waals surface area (Å²) in [5.41, 5.74) is 10.3. The Morgan fingerprint density at radius 1 is 0.786 bits per heavy atom. The van der Waals surface area contributed by atoms with E-state index in [0.717, 1.165) is 22.1 Å². The van der Waals surface area contributed by atoms with Crippen molar-refractivity contribution in [3.8, 4) is 22.9 Å². The number of nitrogens with zero attached hydrogens (tertiary/aromatic N) is 2. The summed E-state index contributed by atoms with van der Waals surface area (Å²) in [6.07, 6.45) is 2.25. The average Bonchev–Trinajstić information content (AvgIpc) is 3.39. The fourth-order valence-electron chi connectivity index (χ4n) is 3.39. The molecule has 2 N–H and O–H groups in total. The van der Waals surface area contributed by atoms with Crippen molar-refractivity contribution >= 4 is 16.9 Å². The number of nitrogens with two attached hydrogens (primary N) is 1. The van der Waals surface area contributed by atoms with Crippen molar-refractivity contribution in [2.45, 2.75) is 6.42 Å². The molecule has 5 aromatic rings. The maximum atomic E-state index is 6.08. The van der Waals surface area contributed by atoms with Crippen molar-refractivity contribution in [2.24, 2.45) is 0 Å². The highest BCUT2D eigenvalue weighted by molar-refractivity contribution is 5.84. The van der Waals surface area contributed by atoms with Crippen LogP contribution in [0.1, 0.15) is 11.1 Å². The van der Waals surface area contributed by atoms with Gasteiger partial charge in [-0.15, -0.1) is 0 Å². The average molecular weight is 367 g/mol. The van der Waals surface area contributed by atoms with Gasteiger partial charge < -0.3 is 14.6 Å². The zero-order chi connectivity index (χ0) is 18.9. The van der Waals surface area contributed by atoms with Gasteiger partial charge in [-0.05, 0) is 29.8 Å². The fraction of sp³-hybridized carbons (Fsp3) is 0.0435. The highest BCUT2D eigenvalue weighted by Gasteiger charge is 2.21. The van der Waals surface area contributed by atoms with Gasteiger partial charge in [-0.25, -0.2) is 9.97 Å². The zero-order valence-electron chi connectivity index (χ0n) is 15.0. The number of benzene rings is 2. The summed E-state index contributed by atoms with van der Waals surface area (Å²) >= 11 is 0. The SMILES string of the molecule is Nc1nc(-c2ccco2)c(Cc2ccccc2)c(-c2cc3ccccc3o2)n1. The number of hydrogen-bond acceptors (Lipinski definition) is 5. The first-order chi connectivity index (χ1) is 13.8. The number of furan rings is 2. The normalized spacial score (nSPS) is 11.1. The van der Waals surface area contributed by atoms with Gasteiger partial charge >= 0.3 is 0 Å². The third-order valence-corrected chi connectivity index (χ3v) is 4.66. The molecule has 0 bridgehead atoms. The number of para-hydroxylation sites is 1. The molecule has 5 nitrogen and oxygen atoms in total. The molecule has 136 valence electrons. The minimum Gasteiger partial charge on any atom is -0.463 e. The molecule has 0 unspecified atom stereocenters. The van der Waals surface area contributed by atoms with Crippen LogP contribution in [0.4, 0.5) is 5.95 Å². The van der Waals surface area contributed by atoms with Crippen LogP contribution in [0, 0.1) is 0 Å². The lowest BCUT2D eigenvalue weighted by Crippen LogP contribution is -2.05. The first-order valence-electron chi connectivity index (χ1n) is 9.01. The van der Waals surface area contributed by atoms with Crippen LogP contribution < -0.4 is 5.73 Å². The topological polar surface area (TPSA) is 78.1 Å². The van der Waals surface area contributed by atoms with Crippen molar-refractivity contribution in [2.75, 3.05) is 5.73 Å². The monoisotopic (exact) mass is 367 g/mol. The lowest BCUT2D eigenvalue weighted by atomic mass is 9.99. The summed E-state index contributed by atoms with van der Waals surface area (Å²) in [7, 11) is 0. The third kappa shape index (κ3) is 2.93. The highest BCUT2D eigenvalue weighted by atomic mass is 16.3. The number of nitrogen functional groups attached to an aromatic ring is 1. The van der Waals surface area contributed by atoms with Crippen LogP contribution in [0.2, 0.25) is 0 Å². The summed E-state index contributed by atoms with van der Waals surface area (Å²) in [5, 5.41) is 1.01. The second kappa shape index (κ2) is 6.70. The molecule has 5 heteroatoms. The van der Waals surface area contributed by atoms with Crippen molar-refractivity contribution in [3.63, 3.8) is 0 Å². The molecule has 0 amide bonds. The molecule has 0 radical (unpaired) electrons. The molecule has 0 saturated carbocycles. The van der Waals surface area contributed by atoms with E-state index in [4.69, 9.17) is 14.6 Å². The Labute approximate surface area is 161 Å². The van der Waals surface area contributed by atoms with E-state index in [-0.39, 0.29) is 5.95 Å². The minimum absolute atomic E-state index is 0.179. The van der Waals surface area contributed by atoms with E-state index in [0.29, 0.717) is 29.3 Å². The van der Waals surface area contributed by atoms with Crippen LogP contribution in [-0.4, -0.2) is 9.97 Å². The van der Waals surface area contributed by atoms with Gasteiger partial charge in [-0.1, -0.05) is 48.5 Å². The van der Waals surface area contributed by atoms with Crippen LogP contribution >= 0.6 is 0 Å². The van der Waals surface area contributed by atoms with Gasteiger partial charge in [0.2, 0.25) is 5.95 Å². The molecule has 0 spiro atoms. The number of anilines is 1. The second-order valence-corrected chi connectivity index (χ2v) is 6.55. The fourth-order valence-corrected chi connectivity index (χ4v) is 3.39. The molecular weight excluding hydrogens is 350 g/mol. The predicted octanol–water partition coefficient (Wildman–Crippen LogP) is 5.32. The third-order valence-electron chi connectivity index (χ3n) is 4.66. The molecule has 5 rings (SSSR count). The van der Waals surface area contributed by atoms with Crippen LogP contribution in [-0.2, 0) is 6.42 Å². The number of fused-ring (bicyclic) bond motifs is 1. The van der Waals surface area contributed by atoms with Crippen LogP contribution in [0.3, 0.4) is 0 Å². The highest BCUT2D eigenvalue weighted by Crippen LogP contribution is 2.35. The van der Waals surface area contributed by atoms with Gasteiger partial charge in [0, 0.05) is 17.4 Å². The van der Waals surface area contributed by atoms with E-state index in [1.807, 2.05) is 60.7 Å². The van der Waals surface area contributed by atoms with E-state index in [2.05, 4.69) is 22.1 Å². The van der Waals surface area contributed by atoms with Crippen molar-refractivity contribution in [1.29, 1.82) is 0 Å². The zero-order valence-corrected chi connectivity index (χ0v) is 15.0. The quantitative estimate of drug-likeness (QED) is 0.465. The predicted molar refractivity (Wildman–Crippen MR) is 109 cm³/mol. The first-order valence-corrected chi connectivity index (χ1v) is 9.01. The summed E-state index contributed by atoms with van der Waals surface area (Å²) in [5.74, 6) is 1.49. The molecule has 0 aliphatic rings. The van der Waals surface area contributed by atoms with Gasteiger partial charge in [-0.3, -0.25) is 0 Å². The summed E-state index contributed by atoms with van der Waals surface area (Å²) in [4.78, 5) is 9.02. The van der Waals surface area contributed by atoms with Crippen LogP contribution in [0.5, 0.6) is 0 Å². The Morgan fingerprint density at radius 2 is 1.54 bits per heavy atom. The van der Waals surface area contributed by atoms with E-state index < -0.39 is 0 Å². The van der Waals surface area contributed by atoms with Gasteiger partial charge in [-0.2, -0.15) is 0 Å². The molecule has 2 aromatic carbocycles. The number of rotatable bonds is 4. The van der Waals surface area contributed by atoms with Crippen molar-refractivity contribution < 1.29 is 8.83 Å².